The number of halogens is 1. The molecule has 0 saturated carbocycles. The minimum absolute atomic E-state index is 0.101. The van der Waals surface area contributed by atoms with Crippen LogP contribution in [0.4, 0.5) is 5.69 Å². The number of carbonyl (C=O) groups excluding carboxylic acids is 1. The maximum Gasteiger partial charge on any atom is 0.159 e. The van der Waals surface area contributed by atoms with E-state index in [1.54, 1.807) is 13.2 Å². The molecule has 1 unspecified atom stereocenters. The van der Waals surface area contributed by atoms with Crippen molar-refractivity contribution in [3.05, 3.63) is 58.7 Å². The molecule has 0 amide bonds. The van der Waals surface area contributed by atoms with Gasteiger partial charge in [-0.15, -0.1) is 0 Å². The minimum Gasteiger partial charge on any atom is -0.496 e. The van der Waals surface area contributed by atoms with Crippen molar-refractivity contribution >= 4 is 27.4 Å². The number of allylic oxidation sites excluding steroid dienone is 1. The predicted octanol–water partition coefficient (Wildman–Crippen LogP) is 4.60. The number of benzene rings is 2. The number of ether oxygens (including phenoxy) is 2. The summed E-state index contributed by atoms with van der Waals surface area (Å²) in [4.78, 5) is 14.1. The minimum atomic E-state index is -0.138. The molecular formula is C18H14BrNO3. The quantitative estimate of drug-likeness (QED) is 0.734. The number of hydrogen-bond acceptors (Lipinski definition) is 4. The van der Waals surface area contributed by atoms with Crippen LogP contribution in [-0.4, -0.2) is 12.9 Å². The molecule has 2 aromatic rings. The zero-order chi connectivity index (χ0) is 16.0. The van der Waals surface area contributed by atoms with Gasteiger partial charge < -0.3 is 14.4 Å². The fourth-order valence-electron chi connectivity index (χ4n) is 3.13. The van der Waals surface area contributed by atoms with Crippen molar-refractivity contribution in [1.29, 1.82) is 0 Å². The fraction of sp³-hybridized carbons (Fsp3) is 0.167. The van der Waals surface area contributed by atoms with Gasteiger partial charge in [0.2, 0.25) is 0 Å². The third-order valence-corrected chi connectivity index (χ3v) is 4.64. The topological polar surface area (TPSA) is 38.8 Å². The highest BCUT2D eigenvalue weighted by Crippen LogP contribution is 2.50. The number of carbonyl (C=O) groups is 1. The van der Waals surface area contributed by atoms with E-state index in [9.17, 15) is 4.79 Å². The molecule has 1 atom stereocenters. The molecule has 2 aliphatic heterocycles. The molecule has 2 heterocycles. The van der Waals surface area contributed by atoms with Crippen LogP contribution in [0.2, 0.25) is 0 Å². The molecule has 0 aliphatic carbocycles. The zero-order valence-electron chi connectivity index (χ0n) is 12.5. The Hall–Kier alpha value is -2.27. The van der Waals surface area contributed by atoms with Crippen LogP contribution in [0.15, 0.2) is 53.1 Å². The second kappa shape index (κ2) is 5.42. The standard InChI is InChI=1S/C18H14BrNO3/c1-22-15-3-2-4-16-18(15)14-10-12(21)7-8-20(14)13-6-5-11(19)9-17(13)23-16/h2-9,14H,10H2,1H3. The van der Waals surface area contributed by atoms with Gasteiger partial charge in [0, 0.05) is 17.1 Å². The van der Waals surface area contributed by atoms with Crippen molar-refractivity contribution in [3.8, 4) is 17.2 Å². The number of rotatable bonds is 1. The summed E-state index contributed by atoms with van der Waals surface area (Å²) in [7, 11) is 1.63. The van der Waals surface area contributed by atoms with Crippen LogP contribution in [0.25, 0.3) is 0 Å². The summed E-state index contributed by atoms with van der Waals surface area (Å²) >= 11 is 3.49. The average molecular weight is 372 g/mol. The van der Waals surface area contributed by atoms with Crippen LogP contribution in [0, 0.1) is 0 Å². The molecule has 0 N–H and O–H groups in total. The van der Waals surface area contributed by atoms with E-state index in [4.69, 9.17) is 9.47 Å². The molecule has 116 valence electrons. The molecule has 0 bridgehead atoms. The molecule has 0 radical (unpaired) electrons. The average Bonchev–Trinajstić information content (AvgIpc) is 2.68. The summed E-state index contributed by atoms with van der Waals surface area (Å²) in [5, 5.41) is 0. The lowest BCUT2D eigenvalue weighted by atomic mass is 9.95. The number of ketones is 1. The summed E-state index contributed by atoms with van der Waals surface area (Å²) in [5.41, 5.74) is 1.83. The van der Waals surface area contributed by atoms with E-state index in [1.807, 2.05) is 42.6 Å². The summed E-state index contributed by atoms with van der Waals surface area (Å²) in [6, 6.07) is 11.5. The first-order valence-electron chi connectivity index (χ1n) is 7.31. The highest BCUT2D eigenvalue weighted by Gasteiger charge is 2.34. The van der Waals surface area contributed by atoms with E-state index in [2.05, 4.69) is 20.8 Å². The van der Waals surface area contributed by atoms with Crippen molar-refractivity contribution in [1.82, 2.24) is 0 Å². The van der Waals surface area contributed by atoms with Crippen LogP contribution in [0.3, 0.4) is 0 Å². The number of nitrogens with zero attached hydrogens (tertiary/aromatic N) is 1. The summed E-state index contributed by atoms with van der Waals surface area (Å²) in [5.74, 6) is 2.30. The Morgan fingerprint density at radius 2 is 2.13 bits per heavy atom. The largest absolute Gasteiger partial charge is 0.496 e. The first kappa shape index (κ1) is 14.3. The van der Waals surface area contributed by atoms with E-state index in [0.29, 0.717) is 6.42 Å². The molecule has 4 nitrogen and oxygen atoms in total. The molecular weight excluding hydrogens is 358 g/mol. The van der Waals surface area contributed by atoms with Gasteiger partial charge in [-0.05, 0) is 36.4 Å². The Morgan fingerprint density at radius 3 is 2.96 bits per heavy atom. The lowest BCUT2D eigenvalue weighted by molar-refractivity contribution is -0.115. The van der Waals surface area contributed by atoms with Gasteiger partial charge in [-0.25, -0.2) is 0 Å². The highest BCUT2D eigenvalue weighted by molar-refractivity contribution is 9.10. The number of hydrogen-bond donors (Lipinski definition) is 0. The first-order valence-corrected chi connectivity index (χ1v) is 8.10. The van der Waals surface area contributed by atoms with Crippen molar-refractivity contribution < 1.29 is 14.3 Å². The second-order valence-corrected chi connectivity index (χ2v) is 6.41. The zero-order valence-corrected chi connectivity index (χ0v) is 14.0. The highest BCUT2D eigenvalue weighted by atomic mass is 79.9. The maximum atomic E-state index is 12.0. The van der Waals surface area contributed by atoms with Crippen LogP contribution in [-0.2, 0) is 4.79 Å². The molecule has 0 saturated heterocycles. The first-order chi connectivity index (χ1) is 11.2. The van der Waals surface area contributed by atoms with E-state index < -0.39 is 0 Å². The Morgan fingerprint density at radius 1 is 1.26 bits per heavy atom. The molecule has 5 heteroatoms. The molecule has 4 rings (SSSR count). The van der Waals surface area contributed by atoms with Gasteiger partial charge in [-0.3, -0.25) is 4.79 Å². The van der Waals surface area contributed by atoms with Gasteiger partial charge in [0.1, 0.15) is 11.5 Å². The third kappa shape index (κ3) is 2.32. The van der Waals surface area contributed by atoms with E-state index in [1.165, 1.54) is 0 Å². The van der Waals surface area contributed by atoms with Crippen LogP contribution in [0.5, 0.6) is 17.2 Å². The maximum absolute atomic E-state index is 12.0. The second-order valence-electron chi connectivity index (χ2n) is 5.50. The summed E-state index contributed by atoms with van der Waals surface area (Å²) in [6.07, 6.45) is 3.83. The van der Waals surface area contributed by atoms with Crippen molar-refractivity contribution in [2.45, 2.75) is 12.5 Å². The Labute approximate surface area is 142 Å². The van der Waals surface area contributed by atoms with Crippen molar-refractivity contribution in [2.24, 2.45) is 0 Å². The van der Waals surface area contributed by atoms with E-state index in [-0.39, 0.29) is 11.8 Å². The van der Waals surface area contributed by atoms with Crippen LogP contribution >= 0.6 is 15.9 Å². The molecule has 2 aliphatic rings. The van der Waals surface area contributed by atoms with Gasteiger partial charge >= 0.3 is 0 Å². The number of fused-ring (bicyclic) bond motifs is 5. The predicted molar refractivity (Wildman–Crippen MR) is 91.2 cm³/mol. The molecule has 2 aromatic carbocycles. The fourth-order valence-corrected chi connectivity index (χ4v) is 3.47. The normalized spacial score (nSPS) is 18.4. The summed E-state index contributed by atoms with van der Waals surface area (Å²) < 4.78 is 12.6. The van der Waals surface area contributed by atoms with Gasteiger partial charge in [0.05, 0.1) is 24.4 Å². The van der Waals surface area contributed by atoms with Gasteiger partial charge in [0.15, 0.2) is 11.5 Å². The molecule has 0 aromatic heterocycles. The number of anilines is 1. The van der Waals surface area contributed by atoms with Crippen molar-refractivity contribution in [3.63, 3.8) is 0 Å². The smallest absolute Gasteiger partial charge is 0.159 e. The Bertz CT molecular complexity index is 831. The Balaban J connectivity index is 1.99. The van der Waals surface area contributed by atoms with Gasteiger partial charge in [-0.2, -0.15) is 0 Å². The summed E-state index contributed by atoms with van der Waals surface area (Å²) in [6.45, 7) is 0. The molecule has 0 spiro atoms. The van der Waals surface area contributed by atoms with Crippen LogP contribution < -0.4 is 14.4 Å². The SMILES string of the molecule is COc1cccc2c1C1CC(=O)C=CN1c1ccc(Br)cc1O2. The van der Waals surface area contributed by atoms with E-state index in [0.717, 1.165) is 33.0 Å². The lowest BCUT2D eigenvalue weighted by Gasteiger charge is -2.32. The monoisotopic (exact) mass is 371 g/mol. The molecule has 23 heavy (non-hydrogen) atoms. The van der Waals surface area contributed by atoms with E-state index >= 15 is 0 Å². The Kier molecular flexibility index (Phi) is 3.38. The lowest BCUT2D eigenvalue weighted by Crippen LogP contribution is -2.28. The van der Waals surface area contributed by atoms with Crippen LogP contribution in [0.1, 0.15) is 18.0 Å². The number of methoxy groups -OCH3 is 1. The third-order valence-electron chi connectivity index (χ3n) is 4.15. The molecule has 0 fully saturated rings. The van der Waals surface area contributed by atoms with Crippen molar-refractivity contribution in [2.75, 3.05) is 12.0 Å². The van der Waals surface area contributed by atoms with Gasteiger partial charge in [0.25, 0.3) is 0 Å². The van der Waals surface area contributed by atoms with Gasteiger partial charge in [-0.1, -0.05) is 22.0 Å².